The zero-order chi connectivity index (χ0) is 15.4. The van der Waals surface area contributed by atoms with Gasteiger partial charge in [-0.3, -0.25) is 10.2 Å². The summed E-state index contributed by atoms with van der Waals surface area (Å²) >= 11 is 2.80. The smallest absolute Gasteiger partial charge is 0.272 e. The van der Waals surface area contributed by atoms with Gasteiger partial charge in [0, 0.05) is 10.9 Å². The maximum absolute atomic E-state index is 11.8. The van der Waals surface area contributed by atoms with Gasteiger partial charge < -0.3 is 0 Å². The van der Waals surface area contributed by atoms with E-state index in [2.05, 4.69) is 20.6 Å². The molecule has 0 unspecified atom stereocenters. The summed E-state index contributed by atoms with van der Waals surface area (Å²) in [7, 11) is 0. The molecular formula is C13H11N5O2S2. The van der Waals surface area contributed by atoms with Crippen LogP contribution < -0.4 is 11.1 Å². The third-order valence-corrected chi connectivity index (χ3v) is 4.70. The summed E-state index contributed by atoms with van der Waals surface area (Å²) in [6.07, 6.45) is 1.21. The first-order valence-corrected chi connectivity index (χ1v) is 8.14. The Morgan fingerprint density at radius 2 is 2.18 bits per heavy atom. The number of carbonyl (C=O) groups is 1. The molecule has 3 aromatic rings. The highest BCUT2D eigenvalue weighted by Crippen LogP contribution is 2.27. The quantitative estimate of drug-likeness (QED) is 0.691. The molecular weight excluding hydrogens is 322 g/mol. The zero-order valence-electron chi connectivity index (χ0n) is 11.2. The molecule has 22 heavy (non-hydrogen) atoms. The first kappa shape index (κ1) is 14.5. The van der Waals surface area contributed by atoms with Crippen molar-refractivity contribution < 1.29 is 4.79 Å². The van der Waals surface area contributed by atoms with Crippen molar-refractivity contribution in [1.82, 2.24) is 19.9 Å². The molecule has 0 aliphatic carbocycles. The fourth-order valence-corrected chi connectivity index (χ4v) is 3.31. The molecule has 112 valence electrons. The van der Waals surface area contributed by atoms with Gasteiger partial charge in [0.25, 0.3) is 0 Å². The van der Waals surface area contributed by atoms with Crippen molar-refractivity contribution in [2.45, 2.75) is 4.34 Å². The summed E-state index contributed by atoms with van der Waals surface area (Å²) in [5, 5.41) is 7.67. The normalized spacial score (nSPS) is 10.5. The number of aromatic amines is 1. The number of nitrogens with zero attached hydrogens (tertiary/aromatic N) is 3. The number of amides is 1. The van der Waals surface area contributed by atoms with Crippen LogP contribution in [0.5, 0.6) is 0 Å². The van der Waals surface area contributed by atoms with Crippen molar-refractivity contribution in [2.24, 2.45) is 0 Å². The van der Waals surface area contributed by atoms with Crippen LogP contribution in [0.3, 0.4) is 0 Å². The molecule has 1 aromatic carbocycles. The summed E-state index contributed by atoms with van der Waals surface area (Å²) in [6, 6.07) is 9.84. The molecule has 0 spiro atoms. The molecule has 7 nitrogen and oxygen atoms in total. The molecule has 0 atom stereocenters. The van der Waals surface area contributed by atoms with Gasteiger partial charge in [0.1, 0.15) is 6.33 Å². The second-order valence-corrected chi connectivity index (χ2v) is 6.30. The van der Waals surface area contributed by atoms with Crippen LogP contribution in [0.4, 0.5) is 0 Å². The van der Waals surface area contributed by atoms with E-state index < -0.39 is 5.69 Å². The third-order valence-electron chi connectivity index (χ3n) is 2.68. The predicted octanol–water partition coefficient (Wildman–Crippen LogP) is 1.56. The molecule has 0 aliphatic heterocycles. The van der Waals surface area contributed by atoms with Gasteiger partial charge >= 0.3 is 5.69 Å². The summed E-state index contributed by atoms with van der Waals surface area (Å²) in [4.78, 5) is 27.4. The number of thiazole rings is 1. The molecule has 0 bridgehead atoms. The highest BCUT2D eigenvalue weighted by molar-refractivity contribution is 8.01. The molecule has 0 aliphatic rings. The van der Waals surface area contributed by atoms with E-state index >= 15 is 0 Å². The Morgan fingerprint density at radius 3 is 2.91 bits per heavy atom. The fraction of sp³-hybridized carbons (Fsp3) is 0.0769. The molecule has 9 heteroatoms. The SMILES string of the molecule is O=C(CSc1nc(-c2ccccc2)cs1)Nn1cn[nH]c1=O. The number of rotatable bonds is 5. The molecule has 0 fully saturated rings. The lowest BCUT2D eigenvalue weighted by atomic mass is 10.2. The molecule has 2 aromatic heterocycles. The monoisotopic (exact) mass is 333 g/mol. The van der Waals surface area contributed by atoms with Crippen LogP contribution in [-0.4, -0.2) is 31.5 Å². The van der Waals surface area contributed by atoms with Gasteiger partial charge in [-0.15, -0.1) is 11.3 Å². The first-order chi connectivity index (χ1) is 10.7. The van der Waals surface area contributed by atoms with Crippen LogP contribution in [0, 0.1) is 0 Å². The molecule has 3 rings (SSSR count). The van der Waals surface area contributed by atoms with Crippen molar-refractivity contribution >= 4 is 29.0 Å². The molecule has 2 heterocycles. The number of nitrogens with one attached hydrogen (secondary N) is 2. The Balaban J connectivity index is 1.58. The van der Waals surface area contributed by atoms with Crippen molar-refractivity contribution in [3.8, 4) is 11.3 Å². The van der Waals surface area contributed by atoms with Gasteiger partial charge in [-0.1, -0.05) is 42.1 Å². The van der Waals surface area contributed by atoms with E-state index in [4.69, 9.17) is 0 Å². The highest BCUT2D eigenvalue weighted by atomic mass is 32.2. The lowest BCUT2D eigenvalue weighted by Crippen LogP contribution is -2.31. The molecule has 1 amide bonds. The van der Waals surface area contributed by atoms with Crippen LogP contribution in [0.25, 0.3) is 11.3 Å². The molecule has 0 saturated heterocycles. The minimum Gasteiger partial charge on any atom is -0.272 e. The van der Waals surface area contributed by atoms with E-state index in [1.165, 1.54) is 29.4 Å². The van der Waals surface area contributed by atoms with Crippen LogP contribution in [0.1, 0.15) is 0 Å². The number of thioether (sulfide) groups is 1. The molecule has 0 radical (unpaired) electrons. The third kappa shape index (κ3) is 3.43. The number of hydrogen-bond donors (Lipinski definition) is 2. The fourth-order valence-electron chi connectivity index (χ4n) is 1.69. The number of carbonyl (C=O) groups excluding carboxylic acids is 1. The predicted molar refractivity (Wildman–Crippen MR) is 85.5 cm³/mol. The minimum absolute atomic E-state index is 0.166. The van der Waals surface area contributed by atoms with Crippen molar-refractivity contribution in [3.63, 3.8) is 0 Å². The number of benzene rings is 1. The maximum Gasteiger partial charge on any atom is 0.362 e. The van der Waals surface area contributed by atoms with Crippen LogP contribution in [0.15, 0.2) is 51.2 Å². The van der Waals surface area contributed by atoms with Gasteiger partial charge in [0.05, 0.1) is 11.4 Å². The number of aromatic nitrogens is 4. The van der Waals surface area contributed by atoms with Crippen molar-refractivity contribution in [1.29, 1.82) is 0 Å². The average molecular weight is 333 g/mol. The maximum atomic E-state index is 11.8. The van der Waals surface area contributed by atoms with Gasteiger partial charge in [0.15, 0.2) is 4.34 Å². The van der Waals surface area contributed by atoms with Gasteiger partial charge in [-0.25, -0.2) is 14.9 Å². The van der Waals surface area contributed by atoms with Crippen LogP contribution in [0.2, 0.25) is 0 Å². The second-order valence-electron chi connectivity index (χ2n) is 4.22. The highest BCUT2D eigenvalue weighted by Gasteiger charge is 2.09. The molecule has 2 N–H and O–H groups in total. The summed E-state index contributed by atoms with van der Waals surface area (Å²) < 4.78 is 1.80. The standard InChI is InChI=1S/C13H11N5O2S2/c19-11(17-18-8-14-16-12(18)20)7-22-13-15-10(6-21-13)9-4-2-1-3-5-9/h1-6,8H,7H2,(H,16,20)(H,17,19). The van der Waals surface area contributed by atoms with Gasteiger partial charge in [-0.2, -0.15) is 9.77 Å². The van der Waals surface area contributed by atoms with E-state index in [-0.39, 0.29) is 11.7 Å². The second kappa shape index (κ2) is 6.58. The number of H-pyrrole nitrogens is 1. The molecule has 0 saturated carbocycles. The Kier molecular flexibility index (Phi) is 4.35. The van der Waals surface area contributed by atoms with E-state index in [0.717, 1.165) is 20.3 Å². The van der Waals surface area contributed by atoms with E-state index in [9.17, 15) is 9.59 Å². The lowest BCUT2D eigenvalue weighted by molar-refractivity contribution is -0.114. The van der Waals surface area contributed by atoms with Crippen LogP contribution >= 0.6 is 23.1 Å². The summed E-state index contributed by atoms with van der Waals surface area (Å²) in [5.41, 5.74) is 3.87. The Morgan fingerprint density at radius 1 is 1.36 bits per heavy atom. The minimum atomic E-state index is -0.487. The van der Waals surface area contributed by atoms with Crippen molar-refractivity contribution in [2.75, 3.05) is 11.2 Å². The Labute approximate surface area is 133 Å². The first-order valence-electron chi connectivity index (χ1n) is 6.28. The number of hydrogen-bond acceptors (Lipinski definition) is 6. The van der Waals surface area contributed by atoms with Gasteiger partial charge in [0.2, 0.25) is 5.91 Å². The van der Waals surface area contributed by atoms with Crippen molar-refractivity contribution in [3.05, 3.63) is 52.5 Å². The Bertz CT molecular complexity index is 824. The van der Waals surface area contributed by atoms with Crippen LogP contribution in [-0.2, 0) is 4.79 Å². The van der Waals surface area contributed by atoms with E-state index in [1.54, 1.807) is 0 Å². The zero-order valence-corrected chi connectivity index (χ0v) is 12.9. The van der Waals surface area contributed by atoms with Gasteiger partial charge in [-0.05, 0) is 0 Å². The summed E-state index contributed by atoms with van der Waals surface area (Å²) in [5.74, 6) is -0.135. The van der Waals surface area contributed by atoms with E-state index in [0.29, 0.717) is 0 Å². The summed E-state index contributed by atoms with van der Waals surface area (Å²) in [6.45, 7) is 0. The topological polar surface area (TPSA) is 92.7 Å². The van der Waals surface area contributed by atoms with E-state index in [1.807, 2.05) is 35.7 Å². The average Bonchev–Trinajstić information content (AvgIpc) is 3.16. The largest absolute Gasteiger partial charge is 0.362 e. The Hall–Kier alpha value is -2.39. The lowest BCUT2D eigenvalue weighted by Gasteiger charge is -2.01.